The summed E-state index contributed by atoms with van der Waals surface area (Å²) < 4.78 is 0. The molecule has 0 aromatic rings. The Morgan fingerprint density at radius 1 is 1.50 bits per heavy atom. The summed E-state index contributed by atoms with van der Waals surface area (Å²) in [5.41, 5.74) is 0. The van der Waals surface area contributed by atoms with Crippen molar-refractivity contribution in [2.24, 2.45) is 0 Å². The van der Waals surface area contributed by atoms with E-state index in [1.54, 1.807) is 0 Å². The molecule has 0 spiro atoms. The minimum Gasteiger partial charge on any atom is -0.341 e. The SMILES string of the molecule is [CH2-]CC(Cl)Cl.[Na+]. The van der Waals surface area contributed by atoms with Crippen molar-refractivity contribution in [1.82, 2.24) is 0 Å². The van der Waals surface area contributed by atoms with Crippen LogP contribution in [0.4, 0.5) is 0 Å². The first-order chi connectivity index (χ1) is 2.27. The molecule has 0 fully saturated rings. The van der Waals surface area contributed by atoms with Crippen LogP contribution in [-0.2, 0) is 0 Å². The van der Waals surface area contributed by atoms with E-state index in [2.05, 4.69) is 6.92 Å². The van der Waals surface area contributed by atoms with Crippen molar-refractivity contribution in [2.75, 3.05) is 0 Å². The molecule has 0 unspecified atom stereocenters. The second-order valence-electron chi connectivity index (χ2n) is 0.680. The van der Waals surface area contributed by atoms with Crippen molar-refractivity contribution in [1.29, 1.82) is 0 Å². The van der Waals surface area contributed by atoms with Gasteiger partial charge in [-0.15, -0.1) is 23.2 Å². The molecule has 0 nitrogen and oxygen atoms in total. The van der Waals surface area contributed by atoms with Crippen LogP contribution in [0.3, 0.4) is 0 Å². The molecule has 0 saturated carbocycles. The number of rotatable bonds is 1. The first-order valence-electron chi connectivity index (χ1n) is 1.34. The first-order valence-corrected chi connectivity index (χ1v) is 2.22. The quantitative estimate of drug-likeness (QED) is 0.246. The van der Waals surface area contributed by atoms with E-state index in [0.717, 1.165) is 0 Å². The van der Waals surface area contributed by atoms with Crippen molar-refractivity contribution < 1.29 is 29.6 Å². The van der Waals surface area contributed by atoms with E-state index in [4.69, 9.17) is 23.2 Å². The van der Waals surface area contributed by atoms with Gasteiger partial charge in [0.05, 0.1) is 4.84 Å². The fourth-order valence-corrected chi connectivity index (χ4v) is 0. The standard InChI is InChI=1S/C3H5Cl2.Na/c1-2-3(4)5;/h3H,1-2H2;/q-1;+1. The predicted octanol–water partition coefficient (Wildman–Crippen LogP) is -0.982. The van der Waals surface area contributed by atoms with Gasteiger partial charge in [0.15, 0.2) is 0 Å². The molecule has 6 heavy (non-hydrogen) atoms. The largest absolute Gasteiger partial charge is 1.00 e. The molecule has 0 aromatic carbocycles. The number of hydrogen-bond donors (Lipinski definition) is 0. The van der Waals surface area contributed by atoms with Crippen LogP contribution in [0, 0.1) is 6.92 Å². The molecule has 32 valence electrons. The maximum atomic E-state index is 5.17. The summed E-state index contributed by atoms with van der Waals surface area (Å²) >= 11 is 10.3. The number of halogens is 2. The molecule has 0 rings (SSSR count). The molecule has 0 radical (unpaired) electrons. The topological polar surface area (TPSA) is 0 Å². The molecule has 0 aliphatic heterocycles. The Kier molecular flexibility index (Phi) is 11.6. The molecule has 0 N–H and O–H groups in total. The van der Waals surface area contributed by atoms with E-state index in [1.807, 2.05) is 0 Å². The molecule has 0 atom stereocenters. The van der Waals surface area contributed by atoms with E-state index in [9.17, 15) is 0 Å². The van der Waals surface area contributed by atoms with Crippen LogP contribution >= 0.6 is 23.2 Å². The van der Waals surface area contributed by atoms with Gasteiger partial charge in [-0.1, -0.05) is 0 Å². The Morgan fingerprint density at radius 2 is 1.67 bits per heavy atom. The van der Waals surface area contributed by atoms with Crippen molar-refractivity contribution in [2.45, 2.75) is 11.3 Å². The van der Waals surface area contributed by atoms with Gasteiger partial charge in [0.1, 0.15) is 0 Å². The fraction of sp³-hybridized carbons (Fsp3) is 0.667. The molecular weight excluding hydrogens is 130 g/mol. The van der Waals surface area contributed by atoms with Crippen molar-refractivity contribution >= 4 is 23.2 Å². The van der Waals surface area contributed by atoms with Crippen LogP contribution in [0.1, 0.15) is 6.42 Å². The molecule has 0 aliphatic carbocycles. The van der Waals surface area contributed by atoms with Gasteiger partial charge >= 0.3 is 29.6 Å². The van der Waals surface area contributed by atoms with Gasteiger partial charge in [-0.05, 0) is 0 Å². The van der Waals surface area contributed by atoms with Crippen LogP contribution in [0.15, 0.2) is 0 Å². The smallest absolute Gasteiger partial charge is 0.341 e. The molecule has 0 aliphatic rings. The van der Waals surface area contributed by atoms with Crippen LogP contribution in [0.2, 0.25) is 0 Å². The van der Waals surface area contributed by atoms with E-state index < -0.39 is 0 Å². The van der Waals surface area contributed by atoms with Crippen LogP contribution < -0.4 is 29.6 Å². The molecule has 0 amide bonds. The average Bonchev–Trinajstić information content (AvgIpc) is 1.38. The fourth-order valence-electron chi connectivity index (χ4n) is 0. The predicted molar refractivity (Wildman–Crippen MR) is 25.5 cm³/mol. The summed E-state index contributed by atoms with van der Waals surface area (Å²) in [7, 11) is 0. The van der Waals surface area contributed by atoms with Crippen molar-refractivity contribution in [3.05, 3.63) is 6.92 Å². The van der Waals surface area contributed by atoms with Gasteiger partial charge in [0.2, 0.25) is 0 Å². The van der Waals surface area contributed by atoms with E-state index in [0.29, 0.717) is 6.42 Å². The summed E-state index contributed by atoms with van der Waals surface area (Å²) in [6, 6.07) is 0. The minimum absolute atomic E-state index is 0. The normalized spacial score (nSPS) is 8.00. The summed E-state index contributed by atoms with van der Waals surface area (Å²) in [6.45, 7) is 3.42. The van der Waals surface area contributed by atoms with Gasteiger partial charge in [0, 0.05) is 0 Å². The average molecular weight is 135 g/mol. The van der Waals surface area contributed by atoms with Crippen LogP contribution in [0.5, 0.6) is 0 Å². The molecular formula is C3H5Cl2Na. The second-order valence-corrected chi connectivity index (χ2v) is 1.96. The Labute approximate surface area is 70.5 Å². The van der Waals surface area contributed by atoms with Crippen LogP contribution in [0.25, 0.3) is 0 Å². The number of hydrogen-bond acceptors (Lipinski definition) is 0. The van der Waals surface area contributed by atoms with Crippen molar-refractivity contribution in [3.63, 3.8) is 0 Å². The summed E-state index contributed by atoms with van der Waals surface area (Å²) in [4.78, 5) is -0.282. The third kappa shape index (κ3) is 9.13. The summed E-state index contributed by atoms with van der Waals surface area (Å²) in [6.07, 6.45) is 0.586. The Bertz CT molecular complexity index is 22.8. The van der Waals surface area contributed by atoms with Crippen LogP contribution in [-0.4, -0.2) is 4.84 Å². The first kappa shape index (κ1) is 10.5. The molecule has 3 heteroatoms. The third-order valence-electron chi connectivity index (χ3n) is 0.218. The molecule has 0 aromatic heterocycles. The monoisotopic (exact) mass is 134 g/mol. The Hall–Kier alpha value is 1.58. The maximum Gasteiger partial charge on any atom is 1.00 e. The summed E-state index contributed by atoms with van der Waals surface area (Å²) in [5.74, 6) is 0. The molecule has 0 saturated heterocycles. The van der Waals surface area contributed by atoms with Crippen molar-refractivity contribution in [3.8, 4) is 0 Å². The zero-order valence-electron chi connectivity index (χ0n) is 3.75. The zero-order chi connectivity index (χ0) is 4.28. The third-order valence-corrected chi connectivity index (χ3v) is 0.655. The number of alkyl halides is 2. The van der Waals surface area contributed by atoms with Gasteiger partial charge in [-0.25, -0.2) is 0 Å². The Morgan fingerprint density at radius 3 is 1.67 bits per heavy atom. The zero-order valence-corrected chi connectivity index (χ0v) is 7.26. The van der Waals surface area contributed by atoms with Gasteiger partial charge in [0.25, 0.3) is 0 Å². The van der Waals surface area contributed by atoms with Gasteiger partial charge in [-0.2, -0.15) is 6.42 Å². The molecule has 0 bridgehead atoms. The minimum atomic E-state index is -0.282. The van der Waals surface area contributed by atoms with E-state index >= 15 is 0 Å². The van der Waals surface area contributed by atoms with Gasteiger partial charge in [-0.3, -0.25) is 0 Å². The summed E-state index contributed by atoms with van der Waals surface area (Å²) in [5, 5.41) is 0. The maximum absolute atomic E-state index is 5.17. The van der Waals surface area contributed by atoms with E-state index in [1.165, 1.54) is 0 Å². The van der Waals surface area contributed by atoms with E-state index in [-0.39, 0.29) is 34.4 Å². The Balaban J connectivity index is 0. The second kappa shape index (κ2) is 6.58. The molecule has 0 heterocycles. The van der Waals surface area contributed by atoms with Gasteiger partial charge < -0.3 is 6.92 Å².